The summed E-state index contributed by atoms with van der Waals surface area (Å²) in [6, 6.07) is 1.46. The Bertz CT molecular complexity index is 340. The van der Waals surface area contributed by atoms with Gasteiger partial charge in [0.15, 0.2) is 5.78 Å². The summed E-state index contributed by atoms with van der Waals surface area (Å²) < 4.78 is 1.04. The molecule has 0 aromatic carbocycles. The van der Waals surface area contributed by atoms with Crippen molar-refractivity contribution in [1.82, 2.24) is 4.68 Å². The van der Waals surface area contributed by atoms with Gasteiger partial charge in [-0.25, -0.2) is 0 Å². The van der Waals surface area contributed by atoms with E-state index in [0.717, 1.165) is 4.68 Å². The maximum atomic E-state index is 10.9. The molecule has 0 saturated carbocycles. The van der Waals surface area contributed by atoms with Crippen LogP contribution >= 0.6 is 0 Å². The van der Waals surface area contributed by atoms with Gasteiger partial charge in [-0.05, 0) is 13.0 Å². The van der Waals surface area contributed by atoms with Gasteiger partial charge in [0, 0.05) is 6.20 Å². The standard InChI is InChI=1S/C7H9N3O2/c1-4(11)5-2-3-10(9)6(5)7(8)12/h2-3H,9H2,1H3,(H2,8,12). The molecule has 0 spiro atoms. The largest absolute Gasteiger partial charge is 0.364 e. The van der Waals surface area contributed by atoms with Crippen LogP contribution in [-0.2, 0) is 0 Å². The zero-order chi connectivity index (χ0) is 9.30. The van der Waals surface area contributed by atoms with E-state index in [-0.39, 0.29) is 17.0 Å². The van der Waals surface area contributed by atoms with Gasteiger partial charge in [-0.1, -0.05) is 0 Å². The highest BCUT2D eigenvalue weighted by Crippen LogP contribution is 2.08. The zero-order valence-corrected chi connectivity index (χ0v) is 6.57. The molecule has 1 aromatic rings. The molecule has 1 aromatic heterocycles. The number of carbonyl (C=O) groups is 2. The fourth-order valence-electron chi connectivity index (χ4n) is 0.991. The van der Waals surface area contributed by atoms with E-state index in [2.05, 4.69) is 0 Å². The number of hydrogen-bond donors (Lipinski definition) is 2. The minimum absolute atomic E-state index is 0.0440. The lowest BCUT2D eigenvalue weighted by atomic mass is 10.2. The van der Waals surface area contributed by atoms with Crippen molar-refractivity contribution in [2.45, 2.75) is 6.92 Å². The van der Waals surface area contributed by atoms with E-state index < -0.39 is 5.91 Å². The summed E-state index contributed by atoms with van der Waals surface area (Å²) in [5.41, 5.74) is 5.30. The van der Waals surface area contributed by atoms with E-state index in [4.69, 9.17) is 11.6 Å². The molecule has 0 atom stereocenters. The summed E-state index contributed by atoms with van der Waals surface area (Å²) in [4.78, 5) is 21.7. The molecule has 0 saturated heterocycles. The Labute approximate surface area is 68.9 Å². The zero-order valence-electron chi connectivity index (χ0n) is 6.57. The molecule has 0 aliphatic rings. The molecule has 0 aliphatic carbocycles. The number of primary amides is 1. The van der Waals surface area contributed by atoms with Gasteiger partial charge in [-0.15, -0.1) is 0 Å². The molecule has 1 rings (SSSR count). The highest BCUT2D eigenvalue weighted by molar-refractivity contribution is 6.05. The summed E-state index contributed by atoms with van der Waals surface area (Å²) in [7, 11) is 0. The van der Waals surface area contributed by atoms with Gasteiger partial charge in [0.25, 0.3) is 5.91 Å². The first-order chi connectivity index (χ1) is 5.54. The predicted octanol–water partition coefficient (Wildman–Crippen LogP) is -0.497. The number of hydrogen-bond acceptors (Lipinski definition) is 3. The smallest absolute Gasteiger partial charge is 0.268 e. The molecule has 5 heteroatoms. The fourth-order valence-corrected chi connectivity index (χ4v) is 0.991. The highest BCUT2D eigenvalue weighted by Gasteiger charge is 2.15. The molecular formula is C7H9N3O2. The lowest BCUT2D eigenvalue weighted by Gasteiger charge is -1.99. The molecule has 0 radical (unpaired) electrons. The summed E-state index contributed by atoms with van der Waals surface area (Å²) in [5.74, 6) is 4.41. The van der Waals surface area contributed by atoms with Gasteiger partial charge in [0.2, 0.25) is 0 Å². The maximum absolute atomic E-state index is 10.9. The second-order valence-corrected chi connectivity index (χ2v) is 2.41. The molecule has 12 heavy (non-hydrogen) atoms. The predicted molar refractivity (Wildman–Crippen MR) is 43.1 cm³/mol. The second-order valence-electron chi connectivity index (χ2n) is 2.41. The minimum Gasteiger partial charge on any atom is -0.364 e. The highest BCUT2D eigenvalue weighted by atomic mass is 16.1. The first kappa shape index (κ1) is 8.32. The fraction of sp³-hybridized carbons (Fsp3) is 0.143. The van der Waals surface area contributed by atoms with E-state index >= 15 is 0 Å². The van der Waals surface area contributed by atoms with Crippen LogP contribution < -0.4 is 11.6 Å². The summed E-state index contributed by atoms with van der Waals surface area (Å²) in [6.07, 6.45) is 1.41. The quantitative estimate of drug-likeness (QED) is 0.459. The minimum atomic E-state index is -0.701. The van der Waals surface area contributed by atoms with Gasteiger partial charge < -0.3 is 11.6 Å². The number of Topliss-reactive ketones (excluding diaryl/α,β-unsaturated/α-hetero) is 1. The average molecular weight is 167 g/mol. The molecule has 5 nitrogen and oxygen atoms in total. The number of carbonyl (C=O) groups excluding carboxylic acids is 2. The Hall–Kier alpha value is -1.78. The van der Waals surface area contributed by atoms with Crippen molar-refractivity contribution in [2.75, 3.05) is 5.84 Å². The van der Waals surface area contributed by atoms with E-state index in [1.807, 2.05) is 0 Å². The Morgan fingerprint density at radius 2 is 2.08 bits per heavy atom. The van der Waals surface area contributed by atoms with Crippen LogP contribution in [0.25, 0.3) is 0 Å². The van der Waals surface area contributed by atoms with Crippen LogP contribution in [0, 0.1) is 0 Å². The number of nitrogens with zero attached hydrogens (tertiary/aromatic N) is 1. The SMILES string of the molecule is CC(=O)c1ccn(N)c1C(N)=O. The summed E-state index contributed by atoms with van der Waals surface area (Å²) >= 11 is 0. The number of aromatic nitrogens is 1. The molecule has 0 aliphatic heterocycles. The number of rotatable bonds is 2. The third-order valence-electron chi connectivity index (χ3n) is 1.53. The maximum Gasteiger partial charge on any atom is 0.268 e. The van der Waals surface area contributed by atoms with Crippen LogP contribution in [0.2, 0.25) is 0 Å². The van der Waals surface area contributed by atoms with Crippen molar-refractivity contribution in [3.63, 3.8) is 0 Å². The van der Waals surface area contributed by atoms with Crippen molar-refractivity contribution in [2.24, 2.45) is 5.73 Å². The first-order valence-corrected chi connectivity index (χ1v) is 3.31. The lowest BCUT2D eigenvalue weighted by Crippen LogP contribution is -2.23. The van der Waals surface area contributed by atoms with Gasteiger partial charge in [0.1, 0.15) is 5.69 Å². The van der Waals surface area contributed by atoms with Crippen molar-refractivity contribution in [3.05, 3.63) is 23.5 Å². The van der Waals surface area contributed by atoms with Crippen molar-refractivity contribution in [3.8, 4) is 0 Å². The van der Waals surface area contributed by atoms with Gasteiger partial charge in [-0.2, -0.15) is 0 Å². The molecular weight excluding hydrogens is 158 g/mol. The van der Waals surface area contributed by atoms with Gasteiger partial charge in [0.05, 0.1) is 5.56 Å². The first-order valence-electron chi connectivity index (χ1n) is 3.31. The average Bonchev–Trinajstić information content (AvgIpc) is 2.30. The number of amides is 1. The topological polar surface area (TPSA) is 91.1 Å². The van der Waals surface area contributed by atoms with Gasteiger partial charge >= 0.3 is 0 Å². The van der Waals surface area contributed by atoms with Crippen LogP contribution in [0.5, 0.6) is 0 Å². The number of ketones is 1. The monoisotopic (exact) mass is 167 g/mol. The molecule has 0 fully saturated rings. The summed E-state index contributed by atoms with van der Waals surface area (Å²) in [5, 5.41) is 0. The molecule has 1 amide bonds. The summed E-state index contributed by atoms with van der Waals surface area (Å²) in [6.45, 7) is 1.35. The molecule has 4 N–H and O–H groups in total. The van der Waals surface area contributed by atoms with Crippen LogP contribution in [0.15, 0.2) is 12.3 Å². The Balaban J connectivity index is 3.31. The van der Waals surface area contributed by atoms with Crippen LogP contribution in [0.3, 0.4) is 0 Å². The van der Waals surface area contributed by atoms with E-state index in [9.17, 15) is 9.59 Å². The molecule has 0 unspecified atom stereocenters. The molecule has 1 heterocycles. The normalized spacial score (nSPS) is 9.75. The Morgan fingerprint density at radius 1 is 1.50 bits per heavy atom. The third kappa shape index (κ3) is 1.16. The Morgan fingerprint density at radius 3 is 2.42 bits per heavy atom. The van der Waals surface area contributed by atoms with Crippen molar-refractivity contribution < 1.29 is 9.59 Å². The van der Waals surface area contributed by atoms with Crippen LogP contribution in [-0.4, -0.2) is 16.4 Å². The number of nitrogens with two attached hydrogens (primary N) is 2. The van der Waals surface area contributed by atoms with Crippen LogP contribution in [0.1, 0.15) is 27.8 Å². The van der Waals surface area contributed by atoms with Gasteiger partial charge in [-0.3, -0.25) is 14.3 Å². The van der Waals surface area contributed by atoms with Crippen molar-refractivity contribution >= 4 is 11.7 Å². The van der Waals surface area contributed by atoms with E-state index in [1.165, 1.54) is 19.2 Å². The van der Waals surface area contributed by atoms with E-state index in [0.29, 0.717) is 0 Å². The third-order valence-corrected chi connectivity index (χ3v) is 1.53. The molecule has 64 valence electrons. The molecule has 0 bridgehead atoms. The number of nitrogen functional groups attached to an aromatic ring is 1. The van der Waals surface area contributed by atoms with E-state index in [1.54, 1.807) is 0 Å². The van der Waals surface area contributed by atoms with Crippen molar-refractivity contribution in [1.29, 1.82) is 0 Å². The van der Waals surface area contributed by atoms with Crippen LogP contribution in [0.4, 0.5) is 0 Å². The Kier molecular flexibility index (Phi) is 1.86. The lowest BCUT2D eigenvalue weighted by molar-refractivity contribution is 0.0968. The second kappa shape index (κ2) is 2.69.